The number of pyridine rings is 1. The molecule has 0 aliphatic carbocycles. The highest BCUT2D eigenvalue weighted by Gasteiger charge is 2.37. The zero-order valence-corrected chi connectivity index (χ0v) is 19.1. The number of hydrogen-bond acceptors (Lipinski definition) is 9. The van der Waals surface area contributed by atoms with Gasteiger partial charge in [0.15, 0.2) is 0 Å². The first-order valence-electron chi connectivity index (χ1n) is 11.1. The van der Waals surface area contributed by atoms with Gasteiger partial charge in [-0.15, -0.1) is 0 Å². The predicted octanol–water partition coefficient (Wildman–Crippen LogP) is 2.67. The second kappa shape index (κ2) is 10.7. The number of nitrogens with one attached hydrogen (secondary N) is 2. The highest BCUT2D eigenvalue weighted by molar-refractivity contribution is 6.04. The van der Waals surface area contributed by atoms with Crippen LogP contribution in [0.3, 0.4) is 0 Å². The van der Waals surface area contributed by atoms with E-state index in [0.29, 0.717) is 22.6 Å². The molecule has 1 aromatic heterocycles. The molecule has 1 aliphatic heterocycles. The van der Waals surface area contributed by atoms with E-state index in [1.165, 1.54) is 7.11 Å². The molecule has 0 saturated carbocycles. The number of nitrogens with zero attached hydrogens (tertiary/aromatic N) is 1. The summed E-state index contributed by atoms with van der Waals surface area (Å²) < 4.78 is 16.7. The second-order valence-corrected chi connectivity index (χ2v) is 8.17. The molecule has 0 bridgehead atoms. The Morgan fingerprint density at radius 2 is 1.89 bits per heavy atom. The highest BCUT2D eigenvalue weighted by Crippen LogP contribution is 2.36. The van der Waals surface area contributed by atoms with Crippen LogP contribution in [0.5, 0.6) is 5.75 Å². The van der Waals surface area contributed by atoms with Crippen molar-refractivity contribution in [2.24, 2.45) is 0 Å². The molecule has 2 heterocycles. The van der Waals surface area contributed by atoms with Crippen molar-refractivity contribution in [3.63, 3.8) is 0 Å². The van der Waals surface area contributed by atoms with Crippen LogP contribution in [-0.2, 0) is 9.47 Å². The summed E-state index contributed by atoms with van der Waals surface area (Å²) in [5.74, 6) is 0.0264. The lowest BCUT2D eigenvalue weighted by Crippen LogP contribution is -2.44. The molecule has 3 unspecified atom stereocenters. The number of hydrogen-bond donors (Lipinski definition) is 5. The summed E-state index contributed by atoms with van der Waals surface area (Å²) in [6.07, 6.45) is -1.77. The minimum absolute atomic E-state index is 0.162. The van der Waals surface area contributed by atoms with Crippen LogP contribution in [0.4, 0.5) is 0 Å². The monoisotopic (exact) mass is 477 g/mol. The van der Waals surface area contributed by atoms with Crippen molar-refractivity contribution in [1.82, 2.24) is 4.98 Å². The maximum Gasteiger partial charge on any atom is 0.239 e. The maximum absolute atomic E-state index is 10.5. The van der Waals surface area contributed by atoms with Crippen LogP contribution >= 0.6 is 0 Å². The van der Waals surface area contributed by atoms with Gasteiger partial charge in [0.2, 0.25) is 11.8 Å². The Labute approximate surface area is 202 Å². The first-order chi connectivity index (χ1) is 16.9. The maximum atomic E-state index is 10.5. The van der Waals surface area contributed by atoms with Gasteiger partial charge >= 0.3 is 0 Å². The Kier molecular flexibility index (Phi) is 7.52. The van der Waals surface area contributed by atoms with E-state index >= 15 is 0 Å². The molecule has 1 saturated heterocycles. The number of benzene rings is 2. The van der Waals surface area contributed by atoms with Crippen LogP contribution < -0.4 is 4.74 Å². The first kappa shape index (κ1) is 24.5. The van der Waals surface area contributed by atoms with E-state index in [9.17, 15) is 15.3 Å². The Morgan fingerprint density at radius 3 is 2.60 bits per heavy atom. The van der Waals surface area contributed by atoms with Crippen LogP contribution in [0.25, 0.3) is 11.1 Å². The van der Waals surface area contributed by atoms with Crippen molar-refractivity contribution in [1.29, 1.82) is 10.8 Å². The average molecular weight is 478 g/mol. The smallest absolute Gasteiger partial charge is 0.239 e. The van der Waals surface area contributed by atoms with Crippen molar-refractivity contribution in [2.45, 2.75) is 30.8 Å². The van der Waals surface area contributed by atoms with E-state index in [-0.39, 0.29) is 24.8 Å². The fourth-order valence-electron chi connectivity index (χ4n) is 4.01. The first-order valence-corrected chi connectivity index (χ1v) is 11.1. The lowest BCUT2D eigenvalue weighted by molar-refractivity contribution is -0.179. The van der Waals surface area contributed by atoms with Crippen molar-refractivity contribution < 1.29 is 29.5 Å². The van der Waals surface area contributed by atoms with Gasteiger partial charge in [-0.3, -0.25) is 15.8 Å². The van der Waals surface area contributed by atoms with Gasteiger partial charge in [0.05, 0.1) is 25.9 Å². The molecular formula is C26H27N3O6. The Bertz CT molecular complexity index is 1200. The van der Waals surface area contributed by atoms with Crippen molar-refractivity contribution in [3.8, 4) is 16.9 Å². The molecule has 4 rings (SSSR count). The van der Waals surface area contributed by atoms with Gasteiger partial charge in [0.1, 0.15) is 23.7 Å². The van der Waals surface area contributed by atoms with Crippen molar-refractivity contribution >= 4 is 11.8 Å². The molecule has 0 radical (unpaired) electrons. The van der Waals surface area contributed by atoms with E-state index in [1.54, 1.807) is 48.7 Å². The molecule has 9 nitrogen and oxygen atoms in total. The summed E-state index contributed by atoms with van der Waals surface area (Å²) in [6.45, 7) is -0.249. The summed E-state index contributed by atoms with van der Waals surface area (Å²) in [6, 6.07) is 17.5. The lowest BCUT2D eigenvalue weighted by atomic mass is 9.91. The molecule has 182 valence electrons. The fraction of sp³-hybridized carbons (Fsp3) is 0.269. The van der Waals surface area contributed by atoms with Crippen molar-refractivity contribution in [2.75, 3.05) is 13.7 Å². The van der Waals surface area contributed by atoms with Gasteiger partial charge in [0, 0.05) is 23.7 Å². The molecule has 0 spiro atoms. The summed E-state index contributed by atoms with van der Waals surface area (Å²) >= 11 is 0. The van der Waals surface area contributed by atoms with Crippen LogP contribution in [0.15, 0.2) is 66.9 Å². The molecule has 4 atom stereocenters. The third kappa shape index (κ3) is 5.39. The van der Waals surface area contributed by atoms with E-state index in [1.807, 2.05) is 18.2 Å². The van der Waals surface area contributed by atoms with Crippen LogP contribution in [0.2, 0.25) is 0 Å². The standard InChI is InChI=1S/C26H27N3O6/c1-33-22-12-17(25(27)35-26(28)20-7-2-3-10-29-20)8-9-19(22)15-5-4-6-16(11-15)24-23(32)21(31)13-18(14-30)34-24/h2-12,18,21,23-24,27-28,30-32H,13-14H2,1H3/t18?,21?,23?,24-/m1/s1. The van der Waals surface area contributed by atoms with Gasteiger partial charge in [-0.2, -0.15) is 0 Å². The van der Waals surface area contributed by atoms with E-state index < -0.39 is 24.4 Å². The topological polar surface area (TPSA) is 149 Å². The van der Waals surface area contributed by atoms with Gasteiger partial charge in [-0.25, -0.2) is 0 Å². The van der Waals surface area contributed by atoms with E-state index in [0.717, 1.165) is 11.1 Å². The molecule has 1 aliphatic rings. The zero-order valence-electron chi connectivity index (χ0n) is 19.1. The Morgan fingerprint density at radius 1 is 1.06 bits per heavy atom. The van der Waals surface area contributed by atoms with Crippen LogP contribution in [0.1, 0.15) is 29.3 Å². The van der Waals surface area contributed by atoms with Gasteiger partial charge in [-0.05, 0) is 47.5 Å². The van der Waals surface area contributed by atoms with E-state index in [2.05, 4.69) is 4.98 Å². The fourth-order valence-corrected chi connectivity index (χ4v) is 4.01. The summed E-state index contributed by atoms with van der Waals surface area (Å²) in [5.41, 5.74) is 2.89. The van der Waals surface area contributed by atoms with Gasteiger partial charge in [0.25, 0.3) is 0 Å². The van der Waals surface area contributed by atoms with Crippen LogP contribution in [-0.4, -0.2) is 64.1 Å². The molecular weight excluding hydrogens is 450 g/mol. The average Bonchev–Trinajstić information content (AvgIpc) is 2.90. The molecule has 0 amide bonds. The lowest BCUT2D eigenvalue weighted by Gasteiger charge is -2.37. The predicted molar refractivity (Wildman–Crippen MR) is 129 cm³/mol. The quantitative estimate of drug-likeness (QED) is 0.271. The second-order valence-electron chi connectivity index (χ2n) is 8.17. The molecule has 35 heavy (non-hydrogen) atoms. The van der Waals surface area contributed by atoms with Crippen LogP contribution in [0, 0.1) is 10.8 Å². The van der Waals surface area contributed by atoms with Gasteiger partial charge in [-0.1, -0.05) is 24.3 Å². The zero-order chi connectivity index (χ0) is 24.9. The molecule has 2 aromatic carbocycles. The number of aliphatic hydroxyl groups excluding tert-OH is 3. The van der Waals surface area contributed by atoms with Gasteiger partial charge < -0.3 is 29.5 Å². The SMILES string of the molecule is COc1cc(C(=N)OC(=N)c2ccccn2)ccc1-c1cccc([C@H]2OC(CO)CC(O)C2O)c1. The van der Waals surface area contributed by atoms with E-state index in [4.69, 9.17) is 25.0 Å². The number of aliphatic hydroxyl groups is 3. The highest BCUT2D eigenvalue weighted by atomic mass is 16.5. The Hall–Kier alpha value is -3.63. The molecule has 5 N–H and O–H groups in total. The third-order valence-electron chi connectivity index (χ3n) is 5.84. The minimum atomic E-state index is -1.12. The number of methoxy groups -OCH3 is 1. The molecule has 3 aromatic rings. The third-order valence-corrected chi connectivity index (χ3v) is 5.84. The summed E-state index contributed by atoms with van der Waals surface area (Å²) in [7, 11) is 1.52. The summed E-state index contributed by atoms with van der Waals surface area (Å²) in [4.78, 5) is 4.05. The summed E-state index contributed by atoms with van der Waals surface area (Å²) in [5, 5.41) is 46.4. The number of rotatable bonds is 6. The number of aromatic nitrogens is 1. The molecule has 1 fully saturated rings. The molecule has 9 heteroatoms. The Balaban J connectivity index is 1.58. The normalized spacial score (nSPS) is 21.8. The largest absolute Gasteiger partial charge is 0.496 e. The minimum Gasteiger partial charge on any atom is -0.496 e. The van der Waals surface area contributed by atoms with Crippen molar-refractivity contribution in [3.05, 3.63) is 83.7 Å². The number of ether oxygens (including phenoxy) is 3.